The van der Waals surface area contributed by atoms with E-state index in [1.807, 2.05) is 0 Å². The fraction of sp³-hybridized carbons (Fsp3) is 0.583. The van der Waals surface area contributed by atoms with Gasteiger partial charge in [0.2, 0.25) is 0 Å². The zero-order valence-corrected chi connectivity index (χ0v) is 17.1. The van der Waals surface area contributed by atoms with Crippen LogP contribution in [-0.4, -0.2) is 0 Å². The van der Waals surface area contributed by atoms with Crippen molar-refractivity contribution < 1.29 is 17.1 Å². The van der Waals surface area contributed by atoms with Crippen LogP contribution in [0.15, 0.2) is 0 Å². The average molecular weight is 374 g/mol. The van der Waals surface area contributed by atoms with E-state index in [1.54, 1.807) is 23.7 Å². The quantitative estimate of drug-likeness (QED) is 0.481. The Bertz CT molecular complexity index is 460. The minimum Gasteiger partial charge on any atom is -0.0594 e. The van der Waals surface area contributed by atoms with Gasteiger partial charge in [0.25, 0.3) is 0 Å². The predicted molar refractivity (Wildman–Crippen MR) is 98.8 cm³/mol. The van der Waals surface area contributed by atoms with Gasteiger partial charge in [-0.05, 0) is 122 Å². The minimum absolute atomic E-state index is 0. The molecule has 0 spiro atoms. The second kappa shape index (κ2) is 6.27. The summed E-state index contributed by atoms with van der Waals surface area (Å²) in [6.45, 7) is 9.73. The second-order valence-corrected chi connectivity index (χ2v) is 10.0. The first kappa shape index (κ1) is 18.9. The van der Waals surface area contributed by atoms with Crippen molar-refractivity contribution in [2.75, 3.05) is 0 Å². The van der Waals surface area contributed by atoms with Gasteiger partial charge < -0.3 is 0 Å². The molecule has 8 fully saturated rings. The van der Waals surface area contributed by atoms with E-state index in [4.69, 9.17) is 0 Å². The molecule has 4 atom stereocenters. The van der Waals surface area contributed by atoms with E-state index in [2.05, 4.69) is 66.2 Å². The maximum Gasteiger partial charge on any atom is 0 e. The molecule has 25 heavy (non-hydrogen) atoms. The van der Waals surface area contributed by atoms with E-state index < -0.39 is 0 Å². The zero-order valence-electron chi connectivity index (χ0n) is 16.0. The summed E-state index contributed by atoms with van der Waals surface area (Å²) in [4.78, 5) is 0. The molecule has 4 unspecified atom stereocenters. The molecule has 0 aromatic heterocycles. The average Bonchev–Trinajstić information content (AvgIpc) is 3.22. The van der Waals surface area contributed by atoms with Gasteiger partial charge in [0.15, 0.2) is 0 Å². The van der Waals surface area contributed by atoms with Crippen LogP contribution in [0, 0.1) is 96.7 Å². The van der Waals surface area contributed by atoms with Crippen molar-refractivity contribution >= 4 is 0 Å². The van der Waals surface area contributed by atoms with Gasteiger partial charge >= 0.3 is 0 Å². The first-order chi connectivity index (χ1) is 11.4. The number of rotatable bonds is 0. The van der Waals surface area contributed by atoms with Crippen LogP contribution in [0.5, 0.6) is 0 Å². The fourth-order valence-corrected chi connectivity index (χ4v) is 6.31. The largest absolute Gasteiger partial charge is 0.0594 e. The van der Waals surface area contributed by atoms with Crippen molar-refractivity contribution in [2.24, 2.45) is 34.5 Å². The first-order valence-electron chi connectivity index (χ1n) is 9.88. The summed E-state index contributed by atoms with van der Waals surface area (Å²) in [6.07, 6.45) is 19.3. The van der Waals surface area contributed by atoms with Crippen molar-refractivity contribution in [3.05, 3.63) is 62.2 Å². The second-order valence-electron chi connectivity index (χ2n) is 10.0. The predicted octanol–water partition coefficient (Wildman–Crippen LogP) is 5.65. The molecular formula is C24H30Fe. The molecule has 8 aliphatic rings. The van der Waals surface area contributed by atoms with Crippen LogP contribution in [0.1, 0.15) is 53.4 Å². The Hall–Kier alpha value is 0.519. The molecule has 8 rings (SSSR count). The Morgan fingerprint density at radius 3 is 1.44 bits per heavy atom. The molecule has 4 bridgehead atoms. The van der Waals surface area contributed by atoms with E-state index >= 15 is 0 Å². The molecule has 8 saturated carbocycles. The van der Waals surface area contributed by atoms with Crippen LogP contribution in [0.3, 0.4) is 0 Å². The SMILES string of the molecule is CC1(C)C2C[C]3[CH][CH][CH][C]3C1C2.CC1(C)C2C[C]3[CH][CH][CH][C]3C1C2.[Fe]. The van der Waals surface area contributed by atoms with Gasteiger partial charge in [-0.15, -0.1) is 0 Å². The summed E-state index contributed by atoms with van der Waals surface area (Å²) < 4.78 is 0. The standard InChI is InChI=1S/2C12H15.Fe/c2*1-12(2)9-6-8-4-3-5-10(8)11(12)7-9;/h2*3-5,9,11H,6-7H2,1-2H3;. The third-order valence-electron chi connectivity index (χ3n) is 8.51. The number of hydrogen-bond acceptors (Lipinski definition) is 0. The van der Waals surface area contributed by atoms with E-state index in [1.165, 1.54) is 25.7 Å². The van der Waals surface area contributed by atoms with E-state index in [9.17, 15) is 0 Å². The summed E-state index contributed by atoms with van der Waals surface area (Å²) in [5.41, 5.74) is 1.20. The van der Waals surface area contributed by atoms with Crippen molar-refractivity contribution in [2.45, 2.75) is 53.4 Å². The molecule has 0 amide bonds. The van der Waals surface area contributed by atoms with Crippen LogP contribution in [0.2, 0.25) is 0 Å². The maximum atomic E-state index is 2.43. The number of hydrogen-bond donors (Lipinski definition) is 0. The monoisotopic (exact) mass is 374 g/mol. The minimum atomic E-state index is 0. The third kappa shape index (κ3) is 2.65. The molecule has 0 N–H and O–H groups in total. The molecule has 8 aliphatic carbocycles. The molecule has 0 aromatic carbocycles. The molecule has 0 heterocycles. The fourth-order valence-electron chi connectivity index (χ4n) is 6.31. The van der Waals surface area contributed by atoms with Crippen LogP contribution in [-0.2, 0) is 17.1 Å². The zero-order chi connectivity index (χ0) is 16.7. The van der Waals surface area contributed by atoms with Gasteiger partial charge in [-0.25, -0.2) is 0 Å². The van der Waals surface area contributed by atoms with Gasteiger partial charge in [0, 0.05) is 17.1 Å². The maximum absolute atomic E-state index is 2.43. The Kier molecular flexibility index (Phi) is 4.73. The molecule has 134 valence electrons. The normalized spacial score (nSPS) is 43.7. The summed E-state index contributed by atoms with van der Waals surface area (Å²) in [5.74, 6) is 10.3. The van der Waals surface area contributed by atoms with E-state index in [0.717, 1.165) is 23.7 Å². The first-order valence-corrected chi connectivity index (χ1v) is 9.88. The molecular weight excluding hydrogens is 344 g/mol. The Morgan fingerprint density at radius 1 is 0.680 bits per heavy atom. The van der Waals surface area contributed by atoms with Crippen LogP contribution < -0.4 is 0 Å². The van der Waals surface area contributed by atoms with Gasteiger partial charge in [0.05, 0.1) is 0 Å². The van der Waals surface area contributed by atoms with Crippen molar-refractivity contribution in [1.82, 2.24) is 0 Å². The van der Waals surface area contributed by atoms with Gasteiger partial charge in [-0.2, -0.15) is 0 Å². The van der Waals surface area contributed by atoms with Crippen molar-refractivity contribution in [3.8, 4) is 0 Å². The Labute approximate surface area is 167 Å². The summed E-state index contributed by atoms with van der Waals surface area (Å²) >= 11 is 0. The van der Waals surface area contributed by atoms with Gasteiger partial charge in [0.1, 0.15) is 0 Å². The Morgan fingerprint density at radius 2 is 1.08 bits per heavy atom. The summed E-state index contributed by atoms with van der Waals surface area (Å²) in [7, 11) is 0. The summed E-state index contributed by atoms with van der Waals surface area (Å²) in [6, 6.07) is 0. The summed E-state index contributed by atoms with van der Waals surface area (Å²) in [5, 5.41) is 0. The molecule has 0 aromatic rings. The van der Waals surface area contributed by atoms with Gasteiger partial charge in [-0.1, -0.05) is 27.7 Å². The molecule has 1 heteroatoms. The molecule has 0 saturated heterocycles. The van der Waals surface area contributed by atoms with Crippen LogP contribution in [0.25, 0.3) is 0 Å². The molecule has 0 nitrogen and oxygen atoms in total. The third-order valence-corrected chi connectivity index (χ3v) is 8.51. The molecule has 0 aliphatic heterocycles. The topological polar surface area (TPSA) is 0 Å². The van der Waals surface area contributed by atoms with E-state index in [0.29, 0.717) is 10.8 Å². The smallest absolute Gasteiger partial charge is 0 e. The van der Waals surface area contributed by atoms with Crippen LogP contribution in [0.4, 0.5) is 0 Å². The molecule has 10 radical (unpaired) electrons. The van der Waals surface area contributed by atoms with Crippen LogP contribution >= 0.6 is 0 Å². The van der Waals surface area contributed by atoms with Gasteiger partial charge in [-0.3, -0.25) is 0 Å². The van der Waals surface area contributed by atoms with Crippen molar-refractivity contribution in [1.29, 1.82) is 0 Å². The van der Waals surface area contributed by atoms with Crippen molar-refractivity contribution in [3.63, 3.8) is 0 Å². The van der Waals surface area contributed by atoms with E-state index in [-0.39, 0.29) is 17.1 Å². The Balaban J connectivity index is 0.000000121.